The number of hydrogen-bond acceptors (Lipinski definition) is 6. The zero-order valence-corrected chi connectivity index (χ0v) is 20.9. The lowest BCUT2D eigenvalue weighted by atomic mass is 10.1. The van der Waals surface area contributed by atoms with Crippen LogP contribution in [0, 0.1) is 0 Å². The summed E-state index contributed by atoms with van der Waals surface area (Å²) in [7, 11) is 4.85. The van der Waals surface area contributed by atoms with Crippen LogP contribution in [-0.2, 0) is 24.3 Å². The van der Waals surface area contributed by atoms with Crippen LogP contribution in [0.25, 0.3) is 0 Å². The van der Waals surface area contributed by atoms with E-state index in [2.05, 4.69) is 5.32 Å². The number of urea groups is 1. The van der Waals surface area contributed by atoms with E-state index in [1.807, 2.05) is 60.7 Å². The van der Waals surface area contributed by atoms with Crippen LogP contribution in [0.15, 0.2) is 60.7 Å². The number of fused-ring (bicyclic) bond motifs is 1. The fourth-order valence-corrected chi connectivity index (χ4v) is 4.18. The Labute approximate surface area is 211 Å². The van der Waals surface area contributed by atoms with Crippen molar-refractivity contribution in [3.63, 3.8) is 0 Å². The first kappa shape index (κ1) is 25.2. The zero-order valence-electron chi connectivity index (χ0n) is 20.9. The van der Waals surface area contributed by atoms with Crippen molar-refractivity contribution >= 4 is 11.7 Å². The van der Waals surface area contributed by atoms with Gasteiger partial charge in [-0.15, -0.1) is 0 Å². The second kappa shape index (κ2) is 12.2. The Kier molecular flexibility index (Phi) is 8.52. The predicted octanol–water partition coefficient (Wildman–Crippen LogP) is 4.90. The van der Waals surface area contributed by atoms with Gasteiger partial charge in [0.1, 0.15) is 18.1 Å². The van der Waals surface area contributed by atoms with E-state index in [1.54, 1.807) is 26.2 Å². The summed E-state index contributed by atoms with van der Waals surface area (Å²) in [6.07, 6.45) is 0.700. The maximum absolute atomic E-state index is 13.0. The first-order valence-electron chi connectivity index (χ1n) is 11.8. The highest BCUT2D eigenvalue weighted by molar-refractivity contribution is 5.91. The van der Waals surface area contributed by atoms with Crippen molar-refractivity contribution in [1.29, 1.82) is 0 Å². The zero-order chi connectivity index (χ0) is 25.3. The summed E-state index contributed by atoms with van der Waals surface area (Å²) >= 11 is 0. The Balaban J connectivity index is 1.36. The number of hydrogen-bond donors (Lipinski definition) is 1. The van der Waals surface area contributed by atoms with Gasteiger partial charge >= 0.3 is 6.03 Å². The second-order valence-corrected chi connectivity index (χ2v) is 8.30. The normalized spacial score (nSPS) is 12.7. The molecule has 0 bridgehead atoms. The summed E-state index contributed by atoms with van der Waals surface area (Å²) < 4.78 is 28.1. The molecule has 3 aromatic carbocycles. The van der Waals surface area contributed by atoms with Gasteiger partial charge in [0, 0.05) is 11.1 Å². The third-order valence-electron chi connectivity index (χ3n) is 6.01. The standard InChI is InChI=1S/C28H32N2O6/c1-32-25-9-5-4-8-23(25)29-28(31)30-14-16-36-24-12-11-20(17-22(24)18-30)19-35-15-13-21-7-6-10-26(33-2)27(21)34-3/h4-12,17H,13-16,18-19H2,1-3H3,(H,29,31). The molecule has 0 fully saturated rings. The molecule has 0 radical (unpaired) electrons. The Morgan fingerprint density at radius 1 is 0.972 bits per heavy atom. The Hall–Kier alpha value is -3.91. The van der Waals surface area contributed by atoms with Crippen LogP contribution in [0.5, 0.6) is 23.0 Å². The number of para-hydroxylation sites is 3. The SMILES string of the molecule is COc1ccccc1NC(=O)N1CCOc2ccc(COCCc3cccc(OC)c3OC)cc2C1. The Bertz CT molecular complexity index is 1180. The van der Waals surface area contributed by atoms with Gasteiger partial charge in [-0.25, -0.2) is 4.79 Å². The fourth-order valence-electron chi connectivity index (χ4n) is 4.18. The molecule has 0 aromatic heterocycles. The van der Waals surface area contributed by atoms with Crippen molar-refractivity contribution in [3.05, 3.63) is 77.4 Å². The molecular formula is C28H32N2O6. The number of carbonyl (C=O) groups is 1. The summed E-state index contributed by atoms with van der Waals surface area (Å²) in [6, 6.07) is 18.9. The molecule has 1 N–H and O–H groups in total. The third kappa shape index (κ3) is 6.01. The van der Waals surface area contributed by atoms with Crippen molar-refractivity contribution in [3.8, 4) is 23.0 Å². The molecule has 8 nitrogen and oxygen atoms in total. The Morgan fingerprint density at radius 3 is 2.58 bits per heavy atom. The quantitative estimate of drug-likeness (QED) is 0.428. The number of benzene rings is 3. The molecule has 4 rings (SSSR count). The first-order chi connectivity index (χ1) is 17.6. The van der Waals surface area contributed by atoms with E-state index in [0.717, 1.165) is 28.2 Å². The van der Waals surface area contributed by atoms with Crippen LogP contribution in [0.4, 0.5) is 10.5 Å². The molecular weight excluding hydrogens is 460 g/mol. The van der Waals surface area contributed by atoms with Gasteiger partial charge in [0.15, 0.2) is 11.5 Å². The monoisotopic (exact) mass is 492 g/mol. The van der Waals surface area contributed by atoms with Gasteiger partial charge in [-0.3, -0.25) is 0 Å². The number of anilines is 1. The minimum atomic E-state index is -0.204. The molecule has 0 unspecified atom stereocenters. The predicted molar refractivity (Wildman–Crippen MR) is 137 cm³/mol. The Morgan fingerprint density at radius 2 is 1.78 bits per heavy atom. The maximum Gasteiger partial charge on any atom is 0.322 e. The summed E-state index contributed by atoms with van der Waals surface area (Å²) in [4.78, 5) is 14.7. The number of carbonyl (C=O) groups excluding carboxylic acids is 1. The molecule has 0 aliphatic carbocycles. The molecule has 0 saturated carbocycles. The number of ether oxygens (including phenoxy) is 5. The van der Waals surface area contributed by atoms with Crippen molar-refractivity contribution in [2.24, 2.45) is 0 Å². The minimum Gasteiger partial charge on any atom is -0.495 e. The van der Waals surface area contributed by atoms with Crippen LogP contribution in [0.1, 0.15) is 16.7 Å². The molecule has 36 heavy (non-hydrogen) atoms. The molecule has 1 aliphatic heterocycles. The first-order valence-corrected chi connectivity index (χ1v) is 11.8. The van der Waals surface area contributed by atoms with E-state index >= 15 is 0 Å². The van der Waals surface area contributed by atoms with Crippen molar-refractivity contribution in [1.82, 2.24) is 4.90 Å². The van der Waals surface area contributed by atoms with Gasteiger partial charge in [0.2, 0.25) is 0 Å². The van der Waals surface area contributed by atoms with Crippen molar-refractivity contribution < 1.29 is 28.5 Å². The highest BCUT2D eigenvalue weighted by Crippen LogP contribution is 2.31. The van der Waals surface area contributed by atoms with E-state index in [9.17, 15) is 4.79 Å². The van der Waals surface area contributed by atoms with Crippen LogP contribution in [0.2, 0.25) is 0 Å². The van der Waals surface area contributed by atoms with E-state index in [4.69, 9.17) is 23.7 Å². The van der Waals surface area contributed by atoms with Crippen LogP contribution in [-0.4, -0.2) is 52.0 Å². The summed E-state index contributed by atoms with van der Waals surface area (Å²) in [5.41, 5.74) is 3.62. The van der Waals surface area contributed by atoms with Gasteiger partial charge in [-0.05, 0) is 42.3 Å². The molecule has 190 valence electrons. The minimum absolute atomic E-state index is 0.204. The topological polar surface area (TPSA) is 78.5 Å². The van der Waals surface area contributed by atoms with Crippen LogP contribution >= 0.6 is 0 Å². The van der Waals surface area contributed by atoms with E-state index in [1.165, 1.54) is 0 Å². The largest absolute Gasteiger partial charge is 0.495 e. The number of rotatable bonds is 9. The molecule has 1 heterocycles. The highest BCUT2D eigenvalue weighted by Gasteiger charge is 2.21. The van der Waals surface area contributed by atoms with Crippen molar-refractivity contribution in [2.75, 3.05) is 46.4 Å². The number of nitrogens with one attached hydrogen (secondary N) is 1. The average molecular weight is 493 g/mol. The molecule has 2 amide bonds. The lowest BCUT2D eigenvalue weighted by Crippen LogP contribution is -2.36. The molecule has 0 saturated heterocycles. The second-order valence-electron chi connectivity index (χ2n) is 8.30. The molecule has 3 aromatic rings. The van der Waals surface area contributed by atoms with Gasteiger partial charge in [0.25, 0.3) is 0 Å². The van der Waals surface area contributed by atoms with E-state index in [0.29, 0.717) is 56.5 Å². The smallest absolute Gasteiger partial charge is 0.322 e. The average Bonchev–Trinajstić information content (AvgIpc) is 3.13. The molecule has 1 aliphatic rings. The van der Waals surface area contributed by atoms with Gasteiger partial charge in [-0.2, -0.15) is 0 Å². The van der Waals surface area contributed by atoms with Gasteiger partial charge in [-0.1, -0.05) is 30.3 Å². The van der Waals surface area contributed by atoms with Crippen LogP contribution in [0.3, 0.4) is 0 Å². The third-order valence-corrected chi connectivity index (χ3v) is 6.01. The van der Waals surface area contributed by atoms with E-state index in [-0.39, 0.29) is 6.03 Å². The molecule has 8 heteroatoms. The summed E-state index contributed by atoms with van der Waals surface area (Å²) in [5, 5.41) is 2.94. The fraction of sp³-hybridized carbons (Fsp3) is 0.321. The maximum atomic E-state index is 13.0. The molecule has 0 atom stereocenters. The number of nitrogens with zero attached hydrogens (tertiary/aromatic N) is 1. The van der Waals surface area contributed by atoms with Gasteiger partial charge < -0.3 is 33.9 Å². The lowest BCUT2D eigenvalue weighted by Gasteiger charge is -2.21. The number of methoxy groups -OCH3 is 3. The highest BCUT2D eigenvalue weighted by atomic mass is 16.5. The van der Waals surface area contributed by atoms with E-state index < -0.39 is 0 Å². The van der Waals surface area contributed by atoms with Gasteiger partial charge in [0.05, 0.1) is 53.3 Å². The molecule has 0 spiro atoms. The number of amides is 2. The van der Waals surface area contributed by atoms with Crippen LogP contribution < -0.4 is 24.3 Å². The summed E-state index contributed by atoms with van der Waals surface area (Å²) in [5.74, 6) is 2.84. The summed E-state index contributed by atoms with van der Waals surface area (Å²) in [6.45, 7) is 2.32. The van der Waals surface area contributed by atoms with Crippen molar-refractivity contribution in [2.45, 2.75) is 19.6 Å². The lowest BCUT2D eigenvalue weighted by molar-refractivity contribution is 0.123.